The largest absolute Gasteiger partial charge is 0.497 e. The quantitative estimate of drug-likeness (QED) is 0.226. The smallest absolute Gasteiger partial charge is 0.150 e. The van der Waals surface area contributed by atoms with E-state index in [2.05, 4.69) is 36.6 Å². The zero-order valence-electron chi connectivity index (χ0n) is 23.0. The van der Waals surface area contributed by atoms with E-state index in [-0.39, 0.29) is 0 Å². The van der Waals surface area contributed by atoms with E-state index in [0.29, 0.717) is 18.9 Å². The average Bonchev–Trinajstić information content (AvgIpc) is 3.47. The Balaban J connectivity index is 1.20. The van der Waals surface area contributed by atoms with Crippen LogP contribution in [0.5, 0.6) is 17.2 Å². The van der Waals surface area contributed by atoms with Crippen LogP contribution in [0.15, 0.2) is 85.6 Å². The average molecular weight is 548 g/mol. The van der Waals surface area contributed by atoms with Gasteiger partial charge in [0.2, 0.25) is 0 Å². The fourth-order valence-corrected chi connectivity index (χ4v) is 4.65. The van der Waals surface area contributed by atoms with Crippen molar-refractivity contribution in [1.29, 1.82) is 0 Å². The maximum absolute atomic E-state index is 6.11. The minimum atomic E-state index is 0.393. The summed E-state index contributed by atoms with van der Waals surface area (Å²) >= 11 is 0. The zero-order valence-corrected chi connectivity index (χ0v) is 23.0. The molecule has 2 N–H and O–H groups in total. The lowest BCUT2D eigenvalue weighted by Gasteiger charge is -2.12. The topological polar surface area (TPSA) is 108 Å². The normalized spacial score (nSPS) is 11.0. The van der Waals surface area contributed by atoms with Crippen LogP contribution in [-0.4, -0.2) is 45.8 Å². The van der Waals surface area contributed by atoms with Gasteiger partial charge in [-0.05, 0) is 42.0 Å². The summed E-state index contributed by atoms with van der Waals surface area (Å²) in [6.45, 7) is 0.917. The first kappa shape index (κ1) is 25.9. The first-order valence-corrected chi connectivity index (χ1v) is 13.1. The zero-order chi connectivity index (χ0) is 28.2. The van der Waals surface area contributed by atoms with Gasteiger partial charge >= 0.3 is 0 Å². The van der Waals surface area contributed by atoms with Crippen molar-refractivity contribution in [2.75, 3.05) is 31.9 Å². The third kappa shape index (κ3) is 5.40. The summed E-state index contributed by atoms with van der Waals surface area (Å²) in [4.78, 5) is 18.1. The van der Waals surface area contributed by atoms with Gasteiger partial charge in [-0.1, -0.05) is 12.1 Å². The number of hydrogen-bond donors (Lipinski definition) is 2. The highest BCUT2D eigenvalue weighted by Gasteiger charge is 2.12. The number of benzene rings is 2. The van der Waals surface area contributed by atoms with Gasteiger partial charge in [0.25, 0.3) is 0 Å². The van der Waals surface area contributed by atoms with Crippen molar-refractivity contribution in [2.24, 2.45) is 0 Å². The molecule has 2 aromatic carbocycles. The molecule has 41 heavy (non-hydrogen) atoms. The summed E-state index contributed by atoms with van der Waals surface area (Å²) < 4.78 is 18.9. The Morgan fingerprint density at radius 1 is 0.878 bits per heavy atom. The molecular weight excluding hydrogens is 518 g/mol. The summed E-state index contributed by atoms with van der Waals surface area (Å²) in [6.07, 6.45) is 6.99. The molecule has 0 unspecified atom stereocenters. The number of nitrogens with one attached hydrogen (secondary N) is 2. The van der Waals surface area contributed by atoms with Crippen LogP contribution in [0.3, 0.4) is 0 Å². The Hall–Kier alpha value is -5.38. The second-order valence-corrected chi connectivity index (χ2v) is 9.32. The molecule has 0 fully saturated rings. The molecule has 0 amide bonds. The van der Waals surface area contributed by atoms with Crippen LogP contribution in [0.4, 0.5) is 11.6 Å². The lowest BCUT2D eigenvalue weighted by Crippen LogP contribution is -2.05. The van der Waals surface area contributed by atoms with E-state index in [4.69, 9.17) is 14.2 Å². The molecule has 0 saturated heterocycles. The van der Waals surface area contributed by atoms with Gasteiger partial charge in [0, 0.05) is 42.9 Å². The van der Waals surface area contributed by atoms with E-state index >= 15 is 0 Å². The number of pyridine rings is 2. The Morgan fingerprint density at radius 3 is 2.63 bits per heavy atom. The highest BCUT2D eigenvalue weighted by atomic mass is 16.5. The van der Waals surface area contributed by atoms with Crippen LogP contribution < -0.4 is 24.8 Å². The first-order chi connectivity index (χ1) is 20.1. The number of ether oxygens (including phenoxy) is 3. The van der Waals surface area contributed by atoms with Crippen molar-refractivity contribution in [3.05, 3.63) is 96.7 Å². The van der Waals surface area contributed by atoms with Gasteiger partial charge in [-0.15, -0.1) is 0 Å². The van der Waals surface area contributed by atoms with Crippen molar-refractivity contribution in [3.63, 3.8) is 0 Å². The number of rotatable bonds is 10. The predicted molar refractivity (Wildman–Crippen MR) is 159 cm³/mol. The Kier molecular flexibility index (Phi) is 7.19. The molecule has 4 heterocycles. The van der Waals surface area contributed by atoms with Gasteiger partial charge in [0.1, 0.15) is 47.5 Å². The third-order valence-corrected chi connectivity index (χ3v) is 6.82. The van der Waals surface area contributed by atoms with Crippen molar-refractivity contribution >= 4 is 33.6 Å². The lowest BCUT2D eigenvalue weighted by atomic mass is 10.1. The standard InChI is InChI=1S/C31H29N7O3/c1-32-29-9-7-21-5-4-20(12-27(21)37-29)18-41-25-13-23(16-33-17-25)38-11-10-26-30(35-19-36-31(26)38)34-15-22-6-8-24(39-2)14-28(22)40-3/h4-14,16-17,19H,15,18H2,1-3H3,(H,32,37)(H,34,35,36). The summed E-state index contributed by atoms with van der Waals surface area (Å²) in [6, 6.07) is 19.8. The molecule has 0 radical (unpaired) electrons. The fraction of sp³-hybridized carbons (Fsp3) is 0.161. The minimum Gasteiger partial charge on any atom is -0.497 e. The van der Waals surface area contributed by atoms with Crippen LogP contribution in [-0.2, 0) is 13.2 Å². The van der Waals surface area contributed by atoms with E-state index in [1.165, 1.54) is 0 Å². The van der Waals surface area contributed by atoms with Gasteiger partial charge in [-0.2, -0.15) is 0 Å². The second kappa shape index (κ2) is 11.4. The molecule has 0 spiro atoms. The molecular formula is C31H29N7O3. The third-order valence-electron chi connectivity index (χ3n) is 6.82. The van der Waals surface area contributed by atoms with E-state index in [9.17, 15) is 0 Å². The van der Waals surface area contributed by atoms with Gasteiger partial charge in [0.15, 0.2) is 0 Å². The molecule has 206 valence electrons. The van der Waals surface area contributed by atoms with Crippen LogP contribution in [0.2, 0.25) is 0 Å². The van der Waals surface area contributed by atoms with Gasteiger partial charge in [0.05, 0.1) is 43.2 Å². The van der Waals surface area contributed by atoms with Crippen molar-refractivity contribution in [1.82, 2.24) is 24.5 Å². The van der Waals surface area contributed by atoms with E-state index in [1.54, 1.807) is 32.9 Å². The maximum atomic E-state index is 6.11. The molecule has 0 atom stereocenters. The minimum absolute atomic E-state index is 0.393. The molecule has 4 aromatic heterocycles. The summed E-state index contributed by atoms with van der Waals surface area (Å²) in [7, 11) is 5.14. The summed E-state index contributed by atoms with van der Waals surface area (Å²) in [5, 5.41) is 8.46. The fourth-order valence-electron chi connectivity index (χ4n) is 4.65. The molecule has 6 aromatic rings. The van der Waals surface area contributed by atoms with E-state index < -0.39 is 0 Å². The number of methoxy groups -OCH3 is 2. The Labute approximate surface area is 237 Å². The molecule has 10 heteroatoms. The summed E-state index contributed by atoms with van der Waals surface area (Å²) in [5.74, 6) is 3.68. The Bertz CT molecular complexity index is 1840. The van der Waals surface area contributed by atoms with Gasteiger partial charge < -0.3 is 24.8 Å². The van der Waals surface area contributed by atoms with Crippen LogP contribution in [0.25, 0.3) is 27.6 Å². The monoisotopic (exact) mass is 547 g/mol. The molecule has 6 rings (SSSR count). The molecule has 0 aliphatic rings. The van der Waals surface area contributed by atoms with Gasteiger partial charge in [-0.25, -0.2) is 15.0 Å². The molecule has 0 saturated carbocycles. The van der Waals surface area contributed by atoms with E-state index in [0.717, 1.165) is 61.9 Å². The highest BCUT2D eigenvalue weighted by molar-refractivity contribution is 5.88. The number of fused-ring (bicyclic) bond motifs is 2. The SMILES string of the molecule is CNc1ccc2ccc(COc3cncc(-n4ccc5c(NCc6ccc(OC)cc6OC)ncnc54)c3)cc2n1. The molecule has 0 aliphatic heterocycles. The van der Waals surface area contributed by atoms with Gasteiger partial charge in [-0.3, -0.25) is 9.55 Å². The summed E-state index contributed by atoms with van der Waals surface area (Å²) in [5.41, 5.74) is 4.50. The van der Waals surface area contributed by atoms with E-state index in [1.807, 2.05) is 72.4 Å². The maximum Gasteiger partial charge on any atom is 0.150 e. The number of aromatic nitrogens is 5. The lowest BCUT2D eigenvalue weighted by molar-refractivity contribution is 0.305. The molecule has 0 aliphatic carbocycles. The Morgan fingerprint density at radius 2 is 1.78 bits per heavy atom. The van der Waals surface area contributed by atoms with Crippen LogP contribution >= 0.6 is 0 Å². The first-order valence-electron chi connectivity index (χ1n) is 13.1. The van der Waals surface area contributed by atoms with Crippen molar-refractivity contribution in [2.45, 2.75) is 13.2 Å². The van der Waals surface area contributed by atoms with Crippen molar-refractivity contribution in [3.8, 4) is 22.9 Å². The van der Waals surface area contributed by atoms with Crippen LogP contribution in [0.1, 0.15) is 11.1 Å². The number of anilines is 2. The number of nitrogens with zero attached hydrogens (tertiary/aromatic N) is 5. The van der Waals surface area contributed by atoms with Crippen molar-refractivity contribution < 1.29 is 14.2 Å². The molecule has 10 nitrogen and oxygen atoms in total. The predicted octanol–water partition coefficient (Wildman–Crippen LogP) is 5.61. The number of hydrogen-bond acceptors (Lipinski definition) is 9. The van der Waals surface area contributed by atoms with Crippen LogP contribution in [0, 0.1) is 0 Å². The highest BCUT2D eigenvalue weighted by Crippen LogP contribution is 2.28. The second-order valence-electron chi connectivity index (χ2n) is 9.32. The molecule has 0 bridgehead atoms.